The molecule has 4 rings (SSSR count). The van der Waals surface area contributed by atoms with E-state index in [1.165, 1.54) is 0 Å². The van der Waals surface area contributed by atoms with Crippen molar-refractivity contribution in [2.75, 3.05) is 30.2 Å². The summed E-state index contributed by atoms with van der Waals surface area (Å²) in [6.45, 7) is 1.98. The molecule has 1 heterocycles. The minimum Gasteiger partial charge on any atom is -0.497 e. The summed E-state index contributed by atoms with van der Waals surface area (Å²) in [4.78, 5) is 27.0. The van der Waals surface area contributed by atoms with Gasteiger partial charge in [0.15, 0.2) is 0 Å². The molecular weight excluding hydrogens is 424 g/mol. The number of hydrogen-bond acceptors (Lipinski definition) is 5. The van der Waals surface area contributed by atoms with Crippen molar-refractivity contribution in [3.8, 4) is 11.5 Å². The van der Waals surface area contributed by atoms with Gasteiger partial charge in [-0.1, -0.05) is 29.8 Å². The van der Waals surface area contributed by atoms with Crippen molar-refractivity contribution in [3.05, 3.63) is 83.4 Å². The van der Waals surface area contributed by atoms with Gasteiger partial charge in [-0.3, -0.25) is 14.5 Å². The summed E-state index contributed by atoms with van der Waals surface area (Å²) in [5.74, 6) is 1.47. The quantitative estimate of drug-likeness (QED) is 0.572. The highest BCUT2D eigenvalue weighted by Gasteiger charge is 2.35. The Bertz CT molecular complexity index is 1130. The van der Waals surface area contributed by atoms with Gasteiger partial charge in [0.05, 0.1) is 25.7 Å². The number of nitrogens with zero attached hydrogens (tertiary/aromatic N) is 1. The summed E-state index contributed by atoms with van der Waals surface area (Å²) in [6.07, 6.45) is 0. The van der Waals surface area contributed by atoms with Crippen LogP contribution in [0.25, 0.3) is 0 Å². The lowest BCUT2D eigenvalue weighted by atomic mass is 10.1. The average Bonchev–Trinajstić information content (AvgIpc) is 3.20. The predicted octanol–water partition coefficient (Wildman–Crippen LogP) is 5.04. The number of carbonyl (C=O) groups excluding carboxylic acids is 2. The third-order valence-electron chi connectivity index (χ3n) is 5.28. The number of carbonyl (C=O) groups is 2. The lowest BCUT2D eigenvalue weighted by Crippen LogP contribution is -2.28. The molecule has 6 nitrogen and oxygen atoms in total. The first-order valence-corrected chi connectivity index (χ1v) is 11.2. The van der Waals surface area contributed by atoms with Crippen molar-refractivity contribution < 1.29 is 19.1 Å². The molecule has 1 saturated heterocycles. The molecule has 0 bridgehead atoms. The fourth-order valence-electron chi connectivity index (χ4n) is 3.55. The molecular formula is C25H24N2O4S. The van der Waals surface area contributed by atoms with Crippen LogP contribution >= 0.6 is 11.8 Å². The van der Waals surface area contributed by atoms with Crippen LogP contribution in [0.4, 0.5) is 11.4 Å². The minimum atomic E-state index is -0.188. The van der Waals surface area contributed by atoms with Gasteiger partial charge < -0.3 is 14.8 Å². The second kappa shape index (κ2) is 9.36. The Morgan fingerprint density at radius 3 is 2.38 bits per heavy atom. The Balaban J connectivity index is 1.55. The predicted molar refractivity (Wildman–Crippen MR) is 128 cm³/mol. The SMILES string of the molecule is COc1ccc(N2C(=O)CS[C@H]2c2ccc(NC(=O)c3ccc(C)cc3)cc2)c(OC)c1. The molecule has 0 aromatic heterocycles. The van der Waals surface area contributed by atoms with Gasteiger partial charge in [0, 0.05) is 17.3 Å². The van der Waals surface area contributed by atoms with Crippen LogP contribution in [0, 0.1) is 6.92 Å². The summed E-state index contributed by atoms with van der Waals surface area (Å²) in [7, 11) is 3.17. The largest absolute Gasteiger partial charge is 0.497 e. The highest BCUT2D eigenvalue weighted by Crippen LogP contribution is 2.45. The fraction of sp³-hybridized carbons (Fsp3) is 0.200. The van der Waals surface area contributed by atoms with Crippen molar-refractivity contribution >= 4 is 35.0 Å². The van der Waals surface area contributed by atoms with Crippen LogP contribution in [0.3, 0.4) is 0 Å². The third kappa shape index (κ3) is 4.43. The van der Waals surface area contributed by atoms with Crippen molar-refractivity contribution in [2.45, 2.75) is 12.3 Å². The second-order valence-corrected chi connectivity index (χ2v) is 8.48. The van der Waals surface area contributed by atoms with Gasteiger partial charge in [0.2, 0.25) is 5.91 Å². The van der Waals surface area contributed by atoms with Crippen LogP contribution in [0.1, 0.15) is 26.9 Å². The fourth-order valence-corrected chi connectivity index (χ4v) is 4.72. The van der Waals surface area contributed by atoms with E-state index in [9.17, 15) is 9.59 Å². The summed E-state index contributed by atoms with van der Waals surface area (Å²) in [5.41, 5.74) is 4.07. The number of amides is 2. The molecule has 7 heteroatoms. The molecule has 1 atom stereocenters. The van der Waals surface area contributed by atoms with Gasteiger partial charge in [0.25, 0.3) is 5.91 Å². The van der Waals surface area contributed by atoms with Gasteiger partial charge in [-0.15, -0.1) is 11.8 Å². The van der Waals surface area contributed by atoms with Crippen LogP contribution in [0.2, 0.25) is 0 Å². The number of hydrogen-bond donors (Lipinski definition) is 1. The van der Waals surface area contributed by atoms with Crippen molar-refractivity contribution in [2.24, 2.45) is 0 Å². The zero-order valence-electron chi connectivity index (χ0n) is 18.1. The molecule has 0 spiro atoms. The van der Waals surface area contributed by atoms with E-state index in [4.69, 9.17) is 9.47 Å². The van der Waals surface area contributed by atoms with E-state index in [1.54, 1.807) is 49.1 Å². The second-order valence-electron chi connectivity index (χ2n) is 7.41. The molecule has 0 radical (unpaired) electrons. The zero-order chi connectivity index (χ0) is 22.7. The Labute approximate surface area is 191 Å². The van der Waals surface area contributed by atoms with Crippen LogP contribution in [-0.4, -0.2) is 31.8 Å². The molecule has 3 aromatic carbocycles. The molecule has 0 aliphatic carbocycles. The van der Waals surface area contributed by atoms with E-state index in [-0.39, 0.29) is 17.2 Å². The third-order valence-corrected chi connectivity index (χ3v) is 6.49. The number of nitrogens with one attached hydrogen (secondary N) is 1. The number of anilines is 2. The highest BCUT2D eigenvalue weighted by molar-refractivity contribution is 8.00. The van der Waals surface area contributed by atoms with Gasteiger partial charge in [-0.25, -0.2) is 0 Å². The summed E-state index contributed by atoms with van der Waals surface area (Å²) in [5, 5.41) is 2.73. The van der Waals surface area contributed by atoms with Crippen molar-refractivity contribution in [1.29, 1.82) is 0 Å². The molecule has 0 saturated carbocycles. The number of benzene rings is 3. The van der Waals surface area contributed by atoms with Gasteiger partial charge in [-0.2, -0.15) is 0 Å². The lowest BCUT2D eigenvalue weighted by molar-refractivity contribution is -0.115. The number of thioether (sulfide) groups is 1. The lowest BCUT2D eigenvalue weighted by Gasteiger charge is -2.26. The molecule has 0 unspecified atom stereocenters. The van der Waals surface area contributed by atoms with Gasteiger partial charge in [0.1, 0.15) is 16.9 Å². The maximum Gasteiger partial charge on any atom is 0.255 e. The van der Waals surface area contributed by atoms with E-state index >= 15 is 0 Å². The van der Waals surface area contributed by atoms with Crippen LogP contribution in [0.5, 0.6) is 11.5 Å². The molecule has 1 aliphatic rings. The maximum atomic E-state index is 12.7. The number of ether oxygens (including phenoxy) is 2. The summed E-state index contributed by atoms with van der Waals surface area (Å²) in [6, 6.07) is 20.4. The maximum absolute atomic E-state index is 12.7. The number of methoxy groups -OCH3 is 2. The molecule has 3 aromatic rings. The van der Waals surface area contributed by atoms with Crippen molar-refractivity contribution in [1.82, 2.24) is 0 Å². The van der Waals surface area contributed by atoms with E-state index in [0.717, 1.165) is 11.1 Å². The number of rotatable bonds is 6. The van der Waals surface area contributed by atoms with E-state index in [1.807, 2.05) is 55.5 Å². The summed E-state index contributed by atoms with van der Waals surface area (Å²) >= 11 is 1.56. The normalized spacial score (nSPS) is 15.5. The average molecular weight is 449 g/mol. The molecule has 2 amide bonds. The molecule has 32 heavy (non-hydrogen) atoms. The molecule has 1 fully saturated rings. The molecule has 1 aliphatic heterocycles. The standard InChI is InChI=1S/C25H24N2O4S/c1-16-4-6-17(7-5-16)24(29)26-19-10-8-18(9-11-19)25-27(23(28)15-32-25)21-13-12-20(30-2)14-22(21)31-3/h4-14,25H,15H2,1-3H3,(H,26,29)/t25-/m0/s1. The summed E-state index contributed by atoms with van der Waals surface area (Å²) < 4.78 is 10.8. The Morgan fingerprint density at radius 2 is 1.72 bits per heavy atom. The minimum absolute atomic E-state index is 0.0141. The molecule has 164 valence electrons. The smallest absolute Gasteiger partial charge is 0.255 e. The number of aryl methyl sites for hydroxylation is 1. The Kier molecular flexibility index (Phi) is 6.37. The van der Waals surface area contributed by atoms with Crippen LogP contribution in [-0.2, 0) is 4.79 Å². The van der Waals surface area contributed by atoms with Crippen LogP contribution < -0.4 is 19.7 Å². The molecule has 1 N–H and O–H groups in total. The topological polar surface area (TPSA) is 67.9 Å². The zero-order valence-corrected chi connectivity index (χ0v) is 18.9. The van der Waals surface area contributed by atoms with Crippen molar-refractivity contribution in [3.63, 3.8) is 0 Å². The first-order valence-electron chi connectivity index (χ1n) is 10.1. The monoisotopic (exact) mass is 448 g/mol. The van der Waals surface area contributed by atoms with Crippen LogP contribution in [0.15, 0.2) is 66.7 Å². The Morgan fingerprint density at radius 1 is 1.00 bits per heavy atom. The highest BCUT2D eigenvalue weighted by atomic mass is 32.2. The first-order chi connectivity index (χ1) is 15.5. The van der Waals surface area contributed by atoms with E-state index in [0.29, 0.717) is 34.2 Å². The Hall–Kier alpha value is -3.45. The van der Waals surface area contributed by atoms with Gasteiger partial charge in [-0.05, 0) is 48.9 Å². The van der Waals surface area contributed by atoms with Gasteiger partial charge >= 0.3 is 0 Å². The first kappa shape index (κ1) is 21.8. The van der Waals surface area contributed by atoms with E-state index < -0.39 is 0 Å². The van der Waals surface area contributed by atoms with E-state index in [2.05, 4.69) is 5.32 Å².